The Morgan fingerprint density at radius 1 is 1.43 bits per heavy atom. The molecule has 1 rings (SSSR count). The Morgan fingerprint density at radius 2 is 2.14 bits per heavy atom. The molecule has 78 valence electrons. The maximum absolute atomic E-state index is 9.13. The zero-order chi connectivity index (χ0) is 10.6. The quantitative estimate of drug-likeness (QED) is 0.512. The van der Waals surface area contributed by atoms with Crippen LogP contribution in [0.4, 0.5) is 0 Å². The van der Waals surface area contributed by atoms with Crippen LogP contribution in [0.1, 0.15) is 18.1 Å². The number of nitrogens with one attached hydrogen (secondary N) is 1. The Morgan fingerprint density at radius 3 is 2.71 bits per heavy atom. The topological polar surface area (TPSA) is 24.7 Å². The molecule has 0 radical (unpaired) electrons. The summed E-state index contributed by atoms with van der Waals surface area (Å²) >= 11 is 9.45. The molecule has 0 aliphatic carbocycles. The zero-order valence-corrected chi connectivity index (χ0v) is 9.87. The lowest BCUT2D eigenvalue weighted by molar-refractivity contribution is -0.767. The third-order valence-electron chi connectivity index (χ3n) is 2.14. The molecule has 1 atom stereocenters. The van der Waals surface area contributed by atoms with Gasteiger partial charge in [0.1, 0.15) is 0 Å². The van der Waals surface area contributed by atoms with Crippen LogP contribution in [0.2, 0.25) is 0 Å². The van der Waals surface area contributed by atoms with Crippen molar-refractivity contribution in [1.82, 2.24) is 0 Å². The molecule has 0 amide bonds. The molecule has 0 heterocycles. The molecule has 14 heavy (non-hydrogen) atoms. The van der Waals surface area contributed by atoms with Gasteiger partial charge >= 0.3 is 0 Å². The second kappa shape index (κ2) is 5.66. The maximum atomic E-state index is 9.13. The van der Waals surface area contributed by atoms with E-state index < -0.39 is 0 Å². The van der Waals surface area contributed by atoms with Gasteiger partial charge in [-0.25, -0.2) is 0 Å². The molecule has 4 heteroatoms. The predicted octanol–water partition coefficient (Wildman–Crippen LogP) is 0.334. The van der Waals surface area contributed by atoms with Gasteiger partial charge in [-0.3, -0.25) is 0 Å². The lowest BCUT2D eigenvalue weighted by atomic mass is 10.1. The van der Waals surface area contributed by atoms with E-state index in [4.69, 9.17) is 17.9 Å². The number of quaternary nitrogens is 1. The second-order valence-corrected chi connectivity index (χ2v) is 4.27. The fraction of sp³-hybridized carbons (Fsp3) is 0.400. The third kappa shape index (κ3) is 3.20. The van der Waals surface area contributed by atoms with Crippen LogP contribution in [-0.4, -0.2) is 11.7 Å². The molecule has 2 N–H and O–H groups in total. The summed E-state index contributed by atoms with van der Waals surface area (Å²) in [7, 11) is 0. The molecule has 0 bridgehead atoms. The van der Waals surface area contributed by atoms with E-state index in [1.165, 1.54) is 0 Å². The Hall–Kier alpha value is -0.160. The van der Waals surface area contributed by atoms with Crippen molar-refractivity contribution in [2.45, 2.75) is 25.0 Å². The van der Waals surface area contributed by atoms with Crippen molar-refractivity contribution in [2.24, 2.45) is 0 Å². The highest BCUT2D eigenvalue weighted by atomic mass is 32.1. The zero-order valence-electron chi connectivity index (χ0n) is 8.16. The minimum atomic E-state index is 0.0652. The molecule has 0 aliphatic heterocycles. The van der Waals surface area contributed by atoms with Gasteiger partial charge in [-0.2, -0.15) is 0 Å². The lowest BCUT2D eigenvalue weighted by Gasteiger charge is -2.22. The summed E-state index contributed by atoms with van der Waals surface area (Å²) in [5, 5.41) is 9.13. The Kier molecular flexibility index (Phi) is 4.81. The van der Waals surface area contributed by atoms with Gasteiger partial charge in [0, 0.05) is 10.5 Å². The van der Waals surface area contributed by atoms with E-state index in [0.29, 0.717) is 0 Å². The molecule has 1 unspecified atom stereocenters. The molecule has 0 saturated heterocycles. The minimum absolute atomic E-state index is 0.0652. The largest absolute Gasteiger partial charge is 0.496 e. The van der Waals surface area contributed by atoms with Crippen LogP contribution in [0.5, 0.6) is 0 Å². The summed E-state index contributed by atoms with van der Waals surface area (Å²) in [6.45, 7) is 3.77. The Labute approximate surface area is 95.9 Å². The van der Waals surface area contributed by atoms with Gasteiger partial charge in [-0.15, -0.1) is 12.6 Å². The predicted molar refractivity (Wildman–Crippen MR) is 62.2 cm³/mol. The average Bonchev–Trinajstić information content (AvgIpc) is 2.18. The van der Waals surface area contributed by atoms with Gasteiger partial charge in [0.05, 0.1) is 19.7 Å². The first-order valence-corrected chi connectivity index (χ1v) is 5.46. The number of aliphatic hydroxyl groups is 1. The van der Waals surface area contributed by atoms with E-state index in [-0.39, 0.29) is 6.61 Å². The molecule has 0 fully saturated rings. The van der Waals surface area contributed by atoms with Crippen LogP contribution >= 0.6 is 12.6 Å². The Bertz CT molecular complexity index is 304. The fourth-order valence-corrected chi connectivity index (χ4v) is 1.65. The number of hydrogen-bond acceptors (Lipinski definition) is 3. The summed E-state index contributed by atoms with van der Waals surface area (Å²) in [5.74, 6) is 0. The van der Waals surface area contributed by atoms with Crippen molar-refractivity contribution in [3.8, 4) is 0 Å². The first kappa shape index (κ1) is 11.9. The van der Waals surface area contributed by atoms with Crippen LogP contribution in [0, 0.1) is 0 Å². The van der Waals surface area contributed by atoms with Crippen molar-refractivity contribution in [3.63, 3.8) is 0 Å². The monoisotopic (exact) mass is 229 g/mol. The van der Waals surface area contributed by atoms with Gasteiger partial charge in [-0.05, 0) is 24.6 Å². The van der Waals surface area contributed by atoms with Crippen molar-refractivity contribution in [3.05, 3.63) is 29.3 Å². The summed E-state index contributed by atoms with van der Waals surface area (Å²) in [5.41, 5.74) is 2.03. The number of thiol groups is 1. The normalized spacial score (nSPS) is 12.9. The SMILES string of the molecule is CC[NH+]([S-])Cc1cc(S)ccc1CO. The van der Waals surface area contributed by atoms with Gasteiger partial charge in [0.25, 0.3) is 0 Å². The van der Waals surface area contributed by atoms with Gasteiger partial charge in [-0.1, -0.05) is 6.07 Å². The van der Waals surface area contributed by atoms with Crippen LogP contribution in [0.25, 0.3) is 0 Å². The van der Waals surface area contributed by atoms with E-state index >= 15 is 0 Å². The van der Waals surface area contributed by atoms with Crippen LogP contribution in [0.3, 0.4) is 0 Å². The van der Waals surface area contributed by atoms with E-state index in [9.17, 15) is 0 Å². The van der Waals surface area contributed by atoms with E-state index in [2.05, 4.69) is 12.6 Å². The number of aliphatic hydroxyl groups excluding tert-OH is 1. The first-order chi connectivity index (χ1) is 6.67. The molecular weight excluding hydrogens is 214 g/mol. The third-order valence-corrected chi connectivity index (χ3v) is 2.85. The van der Waals surface area contributed by atoms with Gasteiger partial charge in [0.2, 0.25) is 0 Å². The molecule has 1 aromatic rings. The van der Waals surface area contributed by atoms with Crippen LogP contribution in [-0.2, 0) is 26.0 Å². The smallest absolute Gasteiger partial charge is 0.0869 e. The highest BCUT2D eigenvalue weighted by Gasteiger charge is 2.04. The number of benzene rings is 1. The highest BCUT2D eigenvalue weighted by Crippen LogP contribution is 2.14. The van der Waals surface area contributed by atoms with Crippen molar-refractivity contribution in [2.75, 3.05) is 6.54 Å². The second-order valence-electron chi connectivity index (χ2n) is 3.18. The van der Waals surface area contributed by atoms with E-state index in [0.717, 1.165) is 33.4 Å². The highest BCUT2D eigenvalue weighted by molar-refractivity contribution is 7.80. The van der Waals surface area contributed by atoms with Gasteiger partial charge < -0.3 is 22.2 Å². The molecule has 0 spiro atoms. The summed E-state index contributed by atoms with van der Waals surface area (Å²) in [6.07, 6.45) is 0. The molecular formula is C10H15NOS2. The van der Waals surface area contributed by atoms with Crippen molar-refractivity contribution < 1.29 is 9.41 Å². The summed E-state index contributed by atoms with van der Waals surface area (Å²) in [4.78, 5) is 0.913. The average molecular weight is 229 g/mol. The number of hydrogen-bond donors (Lipinski definition) is 3. The van der Waals surface area contributed by atoms with E-state index in [1.54, 1.807) is 0 Å². The van der Waals surface area contributed by atoms with Crippen LogP contribution < -0.4 is 4.31 Å². The van der Waals surface area contributed by atoms with Crippen LogP contribution in [0.15, 0.2) is 23.1 Å². The summed E-state index contributed by atoms with van der Waals surface area (Å²) < 4.78 is 1.01. The van der Waals surface area contributed by atoms with Crippen molar-refractivity contribution in [1.29, 1.82) is 0 Å². The lowest BCUT2D eigenvalue weighted by Crippen LogP contribution is -3.05. The standard InChI is InChI=1S/C10H15NOS2/c1-2-11(14)6-9-5-10(13)4-3-8(9)7-12/h3-5,11-13H,2,6-7H2,1H3. The maximum Gasteiger partial charge on any atom is 0.0869 e. The molecule has 2 nitrogen and oxygen atoms in total. The molecule has 0 saturated carbocycles. The molecule has 1 aromatic carbocycles. The molecule has 0 aliphatic rings. The number of rotatable bonds is 4. The molecule has 0 aromatic heterocycles. The van der Waals surface area contributed by atoms with E-state index in [1.807, 2.05) is 25.1 Å². The van der Waals surface area contributed by atoms with Gasteiger partial charge in [0.15, 0.2) is 0 Å². The summed E-state index contributed by atoms with van der Waals surface area (Å²) in [6, 6.07) is 5.75. The first-order valence-electron chi connectivity index (χ1n) is 4.60. The minimum Gasteiger partial charge on any atom is -0.496 e. The fourth-order valence-electron chi connectivity index (χ4n) is 1.27. The van der Waals surface area contributed by atoms with Crippen molar-refractivity contribution >= 4 is 25.4 Å². The Balaban J connectivity index is 2.87.